The van der Waals surface area contributed by atoms with Crippen molar-refractivity contribution in [3.05, 3.63) is 53.3 Å². The summed E-state index contributed by atoms with van der Waals surface area (Å²) in [6.07, 6.45) is 0. The molecule has 0 aliphatic rings. The molecule has 0 fully saturated rings. The van der Waals surface area contributed by atoms with Crippen LogP contribution in [0, 0.1) is 12.7 Å². The van der Waals surface area contributed by atoms with E-state index in [4.69, 9.17) is 4.74 Å². The van der Waals surface area contributed by atoms with Crippen molar-refractivity contribution >= 4 is 21.6 Å². The lowest BCUT2D eigenvalue weighted by Gasteiger charge is -2.11. The first kappa shape index (κ1) is 17.9. The first-order valence-corrected chi connectivity index (χ1v) is 8.46. The first-order valence-electron chi connectivity index (χ1n) is 6.97. The Morgan fingerprint density at radius 2 is 1.88 bits per heavy atom. The number of carbonyl (C=O) groups excluding carboxylic acids is 1. The van der Waals surface area contributed by atoms with Crippen LogP contribution in [0.5, 0.6) is 5.75 Å². The standard InChI is InChI=1S/C16H17FN2O4S/c1-10-4-6-12(9-13(10)17)19-16(20)11-5-7-14(23-3)15(8-11)24(21,22)18-2/h4-9,18H,1-3H3,(H,19,20). The molecule has 0 unspecified atom stereocenters. The Bertz CT molecular complexity index is 882. The van der Waals surface area contributed by atoms with Gasteiger partial charge in [-0.05, 0) is 49.9 Å². The van der Waals surface area contributed by atoms with Gasteiger partial charge in [0.05, 0.1) is 7.11 Å². The molecule has 1 amide bonds. The molecule has 0 heterocycles. The van der Waals surface area contributed by atoms with Gasteiger partial charge in [0.25, 0.3) is 5.91 Å². The molecule has 2 rings (SSSR count). The molecule has 2 aromatic carbocycles. The van der Waals surface area contributed by atoms with Crippen LogP contribution in [0.25, 0.3) is 0 Å². The second kappa shape index (κ2) is 6.98. The molecule has 0 aromatic heterocycles. The summed E-state index contributed by atoms with van der Waals surface area (Å²) in [6.45, 7) is 1.61. The molecule has 0 saturated heterocycles. The Balaban J connectivity index is 2.36. The fourth-order valence-electron chi connectivity index (χ4n) is 2.01. The lowest BCUT2D eigenvalue weighted by molar-refractivity contribution is 0.102. The van der Waals surface area contributed by atoms with Crippen molar-refractivity contribution in [3.8, 4) is 5.75 Å². The quantitative estimate of drug-likeness (QED) is 0.865. The largest absolute Gasteiger partial charge is 0.495 e. The number of benzene rings is 2. The molecule has 6 nitrogen and oxygen atoms in total. The highest BCUT2D eigenvalue weighted by Gasteiger charge is 2.20. The van der Waals surface area contributed by atoms with E-state index in [1.54, 1.807) is 13.0 Å². The van der Waals surface area contributed by atoms with E-state index >= 15 is 0 Å². The summed E-state index contributed by atoms with van der Waals surface area (Å²) in [7, 11) is -1.20. The number of hydrogen-bond donors (Lipinski definition) is 2. The Hall–Kier alpha value is -2.45. The minimum atomic E-state index is -3.80. The molecule has 0 spiro atoms. The zero-order chi connectivity index (χ0) is 17.9. The highest BCUT2D eigenvalue weighted by molar-refractivity contribution is 7.89. The average Bonchev–Trinajstić information content (AvgIpc) is 2.57. The summed E-state index contributed by atoms with van der Waals surface area (Å²) < 4.78 is 44.8. The van der Waals surface area contributed by atoms with E-state index in [0.29, 0.717) is 5.56 Å². The summed E-state index contributed by atoms with van der Waals surface area (Å²) in [5, 5.41) is 2.53. The van der Waals surface area contributed by atoms with Crippen molar-refractivity contribution in [1.29, 1.82) is 0 Å². The maximum Gasteiger partial charge on any atom is 0.255 e. The van der Waals surface area contributed by atoms with Crippen molar-refractivity contribution < 1.29 is 22.3 Å². The number of aryl methyl sites for hydroxylation is 1. The van der Waals surface area contributed by atoms with E-state index in [-0.39, 0.29) is 21.9 Å². The third kappa shape index (κ3) is 3.72. The number of anilines is 1. The number of methoxy groups -OCH3 is 1. The Morgan fingerprint density at radius 3 is 2.46 bits per heavy atom. The smallest absolute Gasteiger partial charge is 0.255 e. The van der Waals surface area contributed by atoms with Gasteiger partial charge in [-0.3, -0.25) is 4.79 Å². The van der Waals surface area contributed by atoms with Crippen LogP contribution in [0.4, 0.5) is 10.1 Å². The topological polar surface area (TPSA) is 84.5 Å². The second-order valence-electron chi connectivity index (χ2n) is 4.99. The molecule has 0 aliphatic carbocycles. The molecular formula is C16H17FN2O4S. The Morgan fingerprint density at radius 1 is 1.17 bits per heavy atom. The van der Waals surface area contributed by atoms with Crippen LogP contribution < -0.4 is 14.8 Å². The van der Waals surface area contributed by atoms with E-state index in [2.05, 4.69) is 10.0 Å². The normalized spacial score (nSPS) is 11.2. The number of ether oxygens (including phenoxy) is 1. The van der Waals surface area contributed by atoms with Crippen LogP contribution in [0.15, 0.2) is 41.3 Å². The molecule has 2 aromatic rings. The number of amides is 1. The lowest BCUT2D eigenvalue weighted by atomic mass is 10.2. The van der Waals surface area contributed by atoms with Gasteiger partial charge in [0.15, 0.2) is 0 Å². The highest BCUT2D eigenvalue weighted by atomic mass is 32.2. The minimum absolute atomic E-state index is 0.102. The third-order valence-electron chi connectivity index (χ3n) is 3.41. The van der Waals surface area contributed by atoms with Crippen LogP contribution >= 0.6 is 0 Å². The van der Waals surface area contributed by atoms with E-state index in [0.717, 1.165) is 0 Å². The highest BCUT2D eigenvalue weighted by Crippen LogP contribution is 2.25. The van der Waals surface area contributed by atoms with E-state index in [1.165, 1.54) is 44.5 Å². The molecule has 0 saturated carbocycles. The number of rotatable bonds is 5. The van der Waals surface area contributed by atoms with E-state index < -0.39 is 21.7 Å². The molecule has 128 valence electrons. The number of carbonyl (C=O) groups is 1. The fourth-order valence-corrected chi connectivity index (χ4v) is 2.93. The molecule has 0 bridgehead atoms. The van der Waals surface area contributed by atoms with Crippen LogP contribution in [0.3, 0.4) is 0 Å². The molecular weight excluding hydrogens is 335 g/mol. The summed E-state index contributed by atoms with van der Waals surface area (Å²) in [6, 6.07) is 8.30. The summed E-state index contributed by atoms with van der Waals surface area (Å²) >= 11 is 0. The van der Waals surface area contributed by atoms with Gasteiger partial charge < -0.3 is 10.1 Å². The van der Waals surface area contributed by atoms with Crippen molar-refractivity contribution in [2.24, 2.45) is 0 Å². The molecule has 24 heavy (non-hydrogen) atoms. The van der Waals surface area contributed by atoms with E-state index in [9.17, 15) is 17.6 Å². The van der Waals surface area contributed by atoms with Gasteiger partial charge in [-0.2, -0.15) is 0 Å². The average molecular weight is 352 g/mol. The summed E-state index contributed by atoms with van der Waals surface area (Å²) in [4.78, 5) is 12.1. The Kier molecular flexibility index (Phi) is 5.20. The van der Waals surface area contributed by atoms with Crippen molar-refractivity contribution in [3.63, 3.8) is 0 Å². The second-order valence-corrected chi connectivity index (χ2v) is 6.85. The number of hydrogen-bond acceptors (Lipinski definition) is 4. The minimum Gasteiger partial charge on any atom is -0.495 e. The van der Waals surface area contributed by atoms with Gasteiger partial charge in [0, 0.05) is 11.3 Å². The van der Waals surface area contributed by atoms with Crippen molar-refractivity contribution in [2.75, 3.05) is 19.5 Å². The number of halogens is 1. The lowest BCUT2D eigenvalue weighted by Crippen LogP contribution is -2.20. The maximum atomic E-state index is 13.5. The van der Waals surface area contributed by atoms with Gasteiger partial charge in [0.1, 0.15) is 16.5 Å². The summed E-state index contributed by atoms with van der Waals surface area (Å²) in [5.74, 6) is -0.892. The molecule has 2 N–H and O–H groups in total. The predicted octanol–water partition coefficient (Wildman–Crippen LogP) is 2.30. The zero-order valence-electron chi connectivity index (χ0n) is 13.4. The monoisotopic (exact) mass is 352 g/mol. The van der Waals surface area contributed by atoms with Gasteiger partial charge in [0.2, 0.25) is 10.0 Å². The van der Waals surface area contributed by atoms with Gasteiger partial charge >= 0.3 is 0 Å². The van der Waals surface area contributed by atoms with Crippen molar-refractivity contribution in [2.45, 2.75) is 11.8 Å². The molecule has 8 heteroatoms. The number of sulfonamides is 1. The number of nitrogens with one attached hydrogen (secondary N) is 2. The molecule has 0 radical (unpaired) electrons. The molecule has 0 atom stereocenters. The maximum absolute atomic E-state index is 13.5. The first-order chi connectivity index (χ1) is 11.3. The Labute approximate surface area is 139 Å². The molecule has 0 aliphatic heterocycles. The third-order valence-corrected chi connectivity index (χ3v) is 4.85. The predicted molar refractivity (Wildman–Crippen MR) is 88.3 cm³/mol. The van der Waals surface area contributed by atoms with Crippen molar-refractivity contribution in [1.82, 2.24) is 4.72 Å². The zero-order valence-corrected chi connectivity index (χ0v) is 14.2. The van der Waals surface area contributed by atoms with Gasteiger partial charge in [-0.25, -0.2) is 17.5 Å². The SMILES string of the molecule is CNS(=O)(=O)c1cc(C(=O)Nc2ccc(C)c(F)c2)ccc1OC. The van der Waals surface area contributed by atoms with Crippen LogP contribution in [0.1, 0.15) is 15.9 Å². The van der Waals surface area contributed by atoms with Crippen LogP contribution in [0.2, 0.25) is 0 Å². The fraction of sp³-hybridized carbons (Fsp3) is 0.188. The van der Waals surface area contributed by atoms with Gasteiger partial charge in [-0.1, -0.05) is 6.07 Å². The summed E-state index contributed by atoms with van der Waals surface area (Å²) in [5.41, 5.74) is 0.836. The van der Waals surface area contributed by atoms with Crippen LogP contribution in [-0.4, -0.2) is 28.5 Å². The van der Waals surface area contributed by atoms with Crippen LogP contribution in [-0.2, 0) is 10.0 Å². The van der Waals surface area contributed by atoms with E-state index in [1.807, 2.05) is 0 Å². The van der Waals surface area contributed by atoms with Gasteiger partial charge in [-0.15, -0.1) is 0 Å².